The summed E-state index contributed by atoms with van der Waals surface area (Å²) in [5.74, 6) is -0.873. The number of anilines is 1. The van der Waals surface area contributed by atoms with Gasteiger partial charge < -0.3 is 10.4 Å². The van der Waals surface area contributed by atoms with Crippen molar-refractivity contribution < 1.29 is 9.90 Å². The summed E-state index contributed by atoms with van der Waals surface area (Å²) >= 11 is 0. The summed E-state index contributed by atoms with van der Waals surface area (Å²) in [5.41, 5.74) is 2.85. The molecule has 0 bridgehead atoms. The van der Waals surface area contributed by atoms with Crippen molar-refractivity contribution >= 4 is 17.7 Å². The van der Waals surface area contributed by atoms with E-state index >= 15 is 0 Å². The first-order chi connectivity index (χ1) is 6.70. The highest BCUT2D eigenvalue weighted by atomic mass is 16.4. The molecule has 0 radical (unpaired) electrons. The molecule has 0 aliphatic carbocycles. The highest BCUT2D eigenvalue weighted by molar-refractivity contribution is 5.98. The molecule has 2 rings (SSSR count). The van der Waals surface area contributed by atoms with Crippen molar-refractivity contribution in [2.45, 2.75) is 6.92 Å². The molecule has 0 saturated carbocycles. The lowest BCUT2D eigenvalue weighted by Gasteiger charge is -2.16. The van der Waals surface area contributed by atoms with Crippen molar-refractivity contribution in [1.82, 2.24) is 0 Å². The minimum absolute atomic E-state index is 0.381. The quantitative estimate of drug-likeness (QED) is 0.711. The van der Waals surface area contributed by atoms with Gasteiger partial charge in [0.05, 0.1) is 11.3 Å². The van der Waals surface area contributed by atoms with Crippen LogP contribution in [0.5, 0.6) is 0 Å². The monoisotopic (exact) mass is 189 g/mol. The molecule has 0 atom stereocenters. The smallest absolute Gasteiger partial charge is 0.338 e. The number of rotatable bonds is 1. The Morgan fingerprint density at radius 3 is 3.00 bits per heavy atom. The van der Waals surface area contributed by atoms with Gasteiger partial charge in [-0.3, -0.25) is 0 Å². The summed E-state index contributed by atoms with van der Waals surface area (Å²) in [5, 5.41) is 12.1. The summed E-state index contributed by atoms with van der Waals surface area (Å²) in [6.45, 7) is 2.50. The predicted octanol–water partition coefficient (Wildman–Crippen LogP) is 2.13. The number of carboxylic acid groups (broad SMARTS) is 1. The molecule has 1 aromatic rings. The van der Waals surface area contributed by atoms with Crippen LogP contribution in [0.3, 0.4) is 0 Å². The molecule has 3 nitrogen and oxygen atoms in total. The van der Waals surface area contributed by atoms with Crippen LogP contribution in [0, 0.1) is 6.92 Å². The standard InChI is InChI=1S/C11H11NO2/c1-7-4-5-8-3-2-6-12-10(8)9(7)11(13)14/h2-5,12H,6H2,1H3,(H,13,14). The number of carbonyl (C=O) groups is 1. The molecule has 0 fully saturated rings. The van der Waals surface area contributed by atoms with Crippen LogP contribution in [-0.4, -0.2) is 17.6 Å². The van der Waals surface area contributed by atoms with Crippen molar-refractivity contribution in [2.24, 2.45) is 0 Å². The second-order valence-corrected chi connectivity index (χ2v) is 3.31. The van der Waals surface area contributed by atoms with Crippen LogP contribution >= 0.6 is 0 Å². The summed E-state index contributed by atoms with van der Waals surface area (Å²) in [6, 6.07) is 3.76. The third-order valence-corrected chi connectivity index (χ3v) is 2.35. The molecule has 0 amide bonds. The molecule has 1 aromatic carbocycles. The fraction of sp³-hybridized carbons (Fsp3) is 0.182. The maximum atomic E-state index is 11.0. The summed E-state index contributed by atoms with van der Waals surface area (Å²) in [4.78, 5) is 11.0. The van der Waals surface area contributed by atoms with Crippen LogP contribution in [0.15, 0.2) is 18.2 Å². The normalized spacial score (nSPS) is 13.2. The topological polar surface area (TPSA) is 49.3 Å². The minimum atomic E-state index is -0.873. The average Bonchev–Trinajstić information content (AvgIpc) is 2.17. The summed E-state index contributed by atoms with van der Waals surface area (Å²) in [7, 11) is 0. The Morgan fingerprint density at radius 1 is 1.50 bits per heavy atom. The van der Waals surface area contributed by atoms with Crippen LogP contribution in [0.2, 0.25) is 0 Å². The zero-order valence-corrected chi connectivity index (χ0v) is 7.87. The van der Waals surface area contributed by atoms with Crippen molar-refractivity contribution in [3.63, 3.8) is 0 Å². The van der Waals surface area contributed by atoms with Gasteiger partial charge in [0.15, 0.2) is 0 Å². The number of hydrogen-bond acceptors (Lipinski definition) is 2. The lowest BCUT2D eigenvalue weighted by atomic mass is 9.99. The van der Waals surface area contributed by atoms with E-state index < -0.39 is 5.97 Å². The van der Waals surface area contributed by atoms with E-state index in [1.54, 1.807) is 0 Å². The van der Waals surface area contributed by atoms with Gasteiger partial charge in [-0.2, -0.15) is 0 Å². The third kappa shape index (κ3) is 1.27. The number of fused-ring (bicyclic) bond motifs is 1. The van der Waals surface area contributed by atoms with Crippen LogP contribution in [-0.2, 0) is 0 Å². The first-order valence-electron chi connectivity index (χ1n) is 4.47. The highest BCUT2D eigenvalue weighted by Gasteiger charge is 2.16. The van der Waals surface area contributed by atoms with Gasteiger partial charge in [-0.1, -0.05) is 24.3 Å². The van der Waals surface area contributed by atoms with E-state index in [1.165, 1.54) is 0 Å². The maximum Gasteiger partial charge on any atom is 0.338 e. The minimum Gasteiger partial charge on any atom is -0.478 e. The van der Waals surface area contributed by atoms with Gasteiger partial charge >= 0.3 is 5.97 Å². The van der Waals surface area contributed by atoms with E-state index in [9.17, 15) is 4.79 Å². The molecule has 14 heavy (non-hydrogen) atoms. The molecule has 0 saturated heterocycles. The van der Waals surface area contributed by atoms with Crippen LogP contribution < -0.4 is 5.32 Å². The molecule has 0 spiro atoms. The van der Waals surface area contributed by atoms with Crippen molar-refractivity contribution in [3.05, 3.63) is 34.9 Å². The highest BCUT2D eigenvalue weighted by Crippen LogP contribution is 2.27. The van der Waals surface area contributed by atoms with E-state index in [0.29, 0.717) is 12.1 Å². The van der Waals surface area contributed by atoms with Gasteiger partial charge in [0.1, 0.15) is 0 Å². The van der Waals surface area contributed by atoms with Crippen LogP contribution in [0.4, 0.5) is 5.69 Å². The fourth-order valence-corrected chi connectivity index (χ4v) is 1.67. The molecule has 1 aliphatic rings. The zero-order chi connectivity index (χ0) is 10.1. The summed E-state index contributed by atoms with van der Waals surface area (Å²) < 4.78 is 0. The molecule has 72 valence electrons. The van der Waals surface area contributed by atoms with E-state index in [-0.39, 0.29) is 0 Å². The number of nitrogens with one attached hydrogen (secondary N) is 1. The van der Waals surface area contributed by atoms with E-state index in [4.69, 9.17) is 5.11 Å². The molecular weight excluding hydrogens is 178 g/mol. The lowest BCUT2D eigenvalue weighted by molar-refractivity contribution is 0.0697. The second-order valence-electron chi connectivity index (χ2n) is 3.31. The largest absolute Gasteiger partial charge is 0.478 e. The molecule has 3 heteroatoms. The number of aromatic carboxylic acids is 1. The Bertz CT molecular complexity index is 422. The SMILES string of the molecule is Cc1ccc2c(c1C(=O)O)NCC=C2. The Kier molecular flexibility index (Phi) is 2.00. The Morgan fingerprint density at radius 2 is 2.29 bits per heavy atom. The Balaban J connectivity index is 2.68. The van der Waals surface area contributed by atoms with Gasteiger partial charge in [-0.25, -0.2) is 4.79 Å². The van der Waals surface area contributed by atoms with Crippen molar-refractivity contribution in [1.29, 1.82) is 0 Å². The van der Waals surface area contributed by atoms with E-state index in [2.05, 4.69) is 5.32 Å². The first-order valence-corrected chi connectivity index (χ1v) is 4.47. The molecule has 2 N–H and O–H groups in total. The van der Waals surface area contributed by atoms with Crippen LogP contribution in [0.1, 0.15) is 21.5 Å². The van der Waals surface area contributed by atoms with Gasteiger partial charge in [0, 0.05) is 6.54 Å². The van der Waals surface area contributed by atoms with Crippen molar-refractivity contribution in [3.8, 4) is 0 Å². The Hall–Kier alpha value is -1.77. The summed E-state index contributed by atoms with van der Waals surface area (Å²) in [6.07, 6.45) is 3.92. The number of benzene rings is 1. The first kappa shape index (κ1) is 8.81. The van der Waals surface area contributed by atoms with Gasteiger partial charge in [-0.15, -0.1) is 0 Å². The van der Waals surface area contributed by atoms with E-state index in [1.807, 2.05) is 31.2 Å². The maximum absolute atomic E-state index is 11.0. The van der Waals surface area contributed by atoms with E-state index in [0.717, 1.165) is 16.8 Å². The van der Waals surface area contributed by atoms with Gasteiger partial charge in [-0.05, 0) is 18.1 Å². The lowest BCUT2D eigenvalue weighted by Crippen LogP contribution is -2.12. The van der Waals surface area contributed by atoms with Gasteiger partial charge in [0.25, 0.3) is 0 Å². The van der Waals surface area contributed by atoms with Crippen molar-refractivity contribution in [2.75, 3.05) is 11.9 Å². The van der Waals surface area contributed by atoms with Gasteiger partial charge in [0.2, 0.25) is 0 Å². The number of carboxylic acids is 1. The molecular formula is C11H11NO2. The molecule has 0 unspecified atom stereocenters. The average molecular weight is 189 g/mol. The predicted molar refractivity (Wildman–Crippen MR) is 55.7 cm³/mol. The number of aryl methyl sites for hydroxylation is 1. The molecule has 0 aromatic heterocycles. The Labute approximate surface area is 82.1 Å². The second kappa shape index (κ2) is 3.18. The third-order valence-electron chi connectivity index (χ3n) is 2.35. The molecule has 1 heterocycles. The fourth-order valence-electron chi connectivity index (χ4n) is 1.67. The number of hydrogen-bond donors (Lipinski definition) is 2. The zero-order valence-electron chi connectivity index (χ0n) is 7.87. The molecule has 1 aliphatic heterocycles. The van der Waals surface area contributed by atoms with Crippen LogP contribution in [0.25, 0.3) is 6.08 Å².